The van der Waals surface area contributed by atoms with Gasteiger partial charge >= 0.3 is 0 Å². The topological polar surface area (TPSA) is 139 Å². The normalized spacial score (nSPS) is 18.9. The Morgan fingerprint density at radius 3 is 2.97 bits per heavy atom. The van der Waals surface area contributed by atoms with E-state index in [1.54, 1.807) is 42.5 Å². The van der Waals surface area contributed by atoms with E-state index in [0.717, 1.165) is 11.1 Å². The van der Waals surface area contributed by atoms with Crippen molar-refractivity contribution in [1.29, 1.82) is 10.7 Å². The molecule has 2 aliphatic rings. The summed E-state index contributed by atoms with van der Waals surface area (Å²) in [6, 6.07) is 13.7. The quantitative estimate of drug-likeness (QED) is 0.591. The molecule has 0 unspecified atom stereocenters. The highest BCUT2D eigenvalue weighted by Crippen LogP contribution is 2.25. The molecule has 2 amide bonds. The number of rotatable bonds is 4. The van der Waals surface area contributed by atoms with Crippen molar-refractivity contribution in [1.82, 2.24) is 5.32 Å². The van der Waals surface area contributed by atoms with Gasteiger partial charge in [0.2, 0.25) is 0 Å². The van der Waals surface area contributed by atoms with E-state index in [1.165, 1.54) is 4.90 Å². The highest BCUT2D eigenvalue weighted by molar-refractivity contribution is 6.05. The van der Waals surface area contributed by atoms with Crippen LogP contribution in [0.2, 0.25) is 0 Å². The number of ether oxygens (including phenoxy) is 1. The molecule has 30 heavy (non-hydrogen) atoms. The SMILES string of the molecule is N#Cc1ccccc1N1CCO[C@H]([C@@H](O)C(=O)Nc2ccc3c(c2)CNC3=N)C1=O. The zero-order valence-corrected chi connectivity index (χ0v) is 15.9. The summed E-state index contributed by atoms with van der Waals surface area (Å²) in [4.78, 5) is 26.8. The van der Waals surface area contributed by atoms with Crippen molar-refractivity contribution < 1.29 is 19.4 Å². The molecule has 9 nitrogen and oxygen atoms in total. The van der Waals surface area contributed by atoms with Gasteiger partial charge in [0, 0.05) is 24.3 Å². The number of benzene rings is 2. The Labute approximate surface area is 172 Å². The van der Waals surface area contributed by atoms with Gasteiger partial charge in [-0.1, -0.05) is 12.1 Å². The third kappa shape index (κ3) is 3.50. The highest BCUT2D eigenvalue weighted by atomic mass is 16.5. The maximum absolute atomic E-state index is 12.9. The first-order valence-electron chi connectivity index (χ1n) is 9.36. The van der Waals surface area contributed by atoms with Crippen LogP contribution in [0.4, 0.5) is 11.4 Å². The molecular weight excluding hydrogens is 386 g/mol. The largest absolute Gasteiger partial charge is 0.380 e. The number of amides is 2. The number of hydrogen-bond donors (Lipinski definition) is 4. The van der Waals surface area contributed by atoms with Crippen molar-refractivity contribution in [3.05, 3.63) is 59.2 Å². The zero-order valence-electron chi connectivity index (χ0n) is 15.9. The first-order chi connectivity index (χ1) is 14.5. The van der Waals surface area contributed by atoms with Gasteiger partial charge in [-0.3, -0.25) is 15.0 Å². The number of carbonyl (C=O) groups excluding carboxylic acids is 2. The number of aliphatic hydroxyl groups is 1. The number of nitrogens with zero attached hydrogens (tertiary/aromatic N) is 2. The maximum atomic E-state index is 12.9. The molecule has 2 heterocycles. The number of nitrogens with one attached hydrogen (secondary N) is 3. The summed E-state index contributed by atoms with van der Waals surface area (Å²) < 4.78 is 5.40. The van der Waals surface area contributed by atoms with E-state index in [0.29, 0.717) is 29.3 Å². The van der Waals surface area contributed by atoms with Crippen LogP contribution in [0.5, 0.6) is 0 Å². The van der Waals surface area contributed by atoms with Crippen LogP contribution >= 0.6 is 0 Å². The van der Waals surface area contributed by atoms with Crippen molar-refractivity contribution in [2.45, 2.75) is 18.8 Å². The van der Waals surface area contributed by atoms with Crippen molar-refractivity contribution in [3.63, 3.8) is 0 Å². The van der Waals surface area contributed by atoms with E-state index in [2.05, 4.69) is 10.6 Å². The number of para-hydroxylation sites is 1. The molecule has 0 radical (unpaired) electrons. The molecule has 0 saturated carbocycles. The smallest absolute Gasteiger partial charge is 0.259 e. The number of fused-ring (bicyclic) bond motifs is 1. The van der Waals surface area contributed by atoms with Gasteiger partial charge in [-0.15, -0.1) is 0 Å². The van der Waals surface area contributed by atoms with Crippen LogP contribution in [0.15, 0.2) is 42.5 Å². The molecule has 4 rings (SSSR count). The molecule has 9 heteroatoms. The predicted octanol–water partition coefficient (Wildman–Crippen LogP) is 0.718. The van der Waals surface area contributed by atoms with Gasteiger partial charge < -0.3 is 25.4 Å². The molecule has 0 bridgehead atoms. The highest BCUT2D eigenvalue weighted by Gasteiger charge is 2.40. The molecule has 2 aliphatic heterocycles. The van der Waals surface area contributed by atoms with Crippen LogP contribution in [0.25, 0.3) is 0 Å². The third-order valence-electron chi connectivity index (χ3n) is 5.09. The number of amidine groups is 1. The van der Waals surface area contributed by atoms with Gasteiger partial charge in [0.25, 0.3) is 11.8 Å². The number of nitriles is 1. The Morgan fingerprint density at radius 1 is 1.37 bits per heavy atom. The minimum absolute atomic E-state index is 0.118. The fraction of sp³-hybridized carbons (Fsp3) is 0.238. The second-order valence-corrected chi connectivity index (χ2v) is 6.94. The minimum Gasteiger partial charge on any atom is -0.380 e. The zero-order chi connectivity index (χ0) is 21.3. The van der Waals surface area contributed by atoms with E-state index < -0.39 is 24.0 Å². The van der Waals surface area contributed by atoms with E-state index in [1.807, 2.05) is 6.07 Å². The summed E-state index contributed by atoms with van der Waals surface area (Å²) in [5, 5.41) is 33.1. The van der Waals surface area contributed by atoms with Crippen LogP contribution in [0, 0.1) is 16.7 Å². The van der Waals surface area contributed by atoms with E-state index in [4.69, 9.17) is 10.1 Å². The standard InChI is InChI=1S/C21H19N5O4/c22-10-12-3-1-2-4-16(12)26-7-8-30-18(21(26)29)17(27)20(28)25-14-5-6-15-13(9-14)11-24-19(15)23/h1-6,9,17-18,27H,7-8,11H2,(H2,23,24)(H,25,28)/t17-,18-/m1/s1. The van der Waals surface area contributed by atoms with Crippen LogP contribution < -0.4 is 15.5 Å². The average Bonchev–Trinajstić information content (AvgIpc) is 3.13. The maximum Gasteiger partial charge on any atom is 0.259 e. The van der Waals surface area contributed by atoms with Crippen LogP contribution in [-0.4, -0.2) is 48.1 Å². The Hall–Kier alpha value is -3.74. The van der Waals surface area contributed by atoms with Gasteiger partial charge in [0.05, 0.1) is 17.9 Å². The van der Waals surface area contributed by atoms with Crippen LogP contribution in [-0.2, 0) is 20.9 Å². The fourth-order valence-electron chi connectivity index (χ4n) is 3.57. The molecule has 152 valence electrons. The lowest BCUT2D eigenvalue weighted by Gasteiger charge is -2.34. The van der Waals surface area contributed by atoms with Gasteiger partial charge in [0.15, 0.2) is 12.2 Å². The Morgan fingerprint density at radius 2 is 2.17 bits per heavy atom. The van der Waals surface area contributed by atoms with Gasteiger partial charge in [-0.25, -0.2) is 0 Å². The van der Waals surface area contributed by atoms with E-state index in [-0.39, 0.29) is 13.2 Å². The molecule has 0 spiro atoms. The van der Waals surface area contributed by atoms with E-state index >= 15 is 0 Å². The van der Waals surface area contributed by atoms with Crippen molar-refractivity contribution in [3.8, 4) is 6.07 Å². The average molecular weight is 405 g/mol. The molecule has 4 N–H and O–H groups in total. The lowest BCUT2D eigenvalue weighted by molar-refractivity contribution is -0.150. The molecule has 0 aliphatic carbocycles. The first kappa shape index (κ1) is 19.6. The fourth-order valence-corrected chi connectivity index (χ4v) is 3.57. The molecule has 2 aromatic carbocycles. The summed E-state index contributed by atoms with van der Waals surface area (Å²) in [5.41, 5.74) is 2.80. The third-order valence-corrected chi connectivity index (χ3v) is 5.09. The minimum atomic E-state index is -1.72. The summed E-state index contributed by atoms with van der Waals surface area (Å²) in [6.45, 7) is 0.817. The molecule has 1 fully saturated rings. The van der Waals surface area contributed by atoms with Crippen molar-refractivity contribution >= 4 is 29.0 Å². The monoisotopic (exact) mass is 405 g/mol. The molecular formula is C21H19N5O4. The Balaban J connectivity index is 1.49. The number of hydrogen-bond acceptors (Lipinski definition) is 6. The first-order valence-corrected chi connectivity index (χ1v) is 9.36. The van der Waals surface area contributed by atoms with Gasteiger partial charge in [-0.05, 0) is 35.9 Å². The molecule has 1 saturated heterocycles. The molecule has 2 aromatic rings. The van der Waals surface area contributed by atoms with Crippen LogP contribution in [0.1, 0.15) is 16.7 Å². The van der Waals surface area contributed by atoms with Crippen molar-refractivity contribution in [2.75, 3.05) is 23.4 Å². The van der Waals surface area contributed by atoms with Crippen molar-refractivity contribution in [2.24, 2.45) is 0 Å². The van der Waals surface area contributed by atoms with Crippen LogP contribution in [0.3, 0.4) is 0 Å². The second-order valence-electron chi connectivity index (χ2n) is 6.94. The van der Waals surface area contributed by atoms with Gasteiger partial charge in [-0.2, -0.15) is 5.26 Å². The van der Waals surface area contributed by atoms with Gasteiger partial charge in [0.1, 0.15) is 11.9 Å². The number of morpholine rings is 1. The molecule has 2 atom stereocenters. The van der Waals surface area contributed by atoms with E-state index in [9.17, 15) is 20.0 Å². The Kier molecular flexibility index (Phi) is 5.18. The summed E-state index contributed by atoms with van der Waals surface area (Å²) in [7, 11) is 0. The predicted molar refractivity (Wildman–Crippen MR) is 108 cm³/mol. The summed E-state index contributed by atoms with van der Waals surface area (Å²) in [6.07, 6.45) is -3.10. The molecule has 0 aromatic heterocycles. The lowest BCUT2D eigenvalue weighted by atomic mass is 10.1. The lowest BCUT2D eigenvalue weighted by Crippen LogP contribution is -2.55. The summed E-state index contributed by atoms with van der Waals surface area (Å²) in [5.74, 6) is -1.04. The number of carbonyl (C=O) groups is 2. The number of anilines is 2. The summed E-state index contributed by atoms with van der Waals surface area (Å²) >= 11 is 0. The number of aliphatic hydroxyl groups excluding tert-OH is 1. The second kappa shape index (κ2) is 7.94. The Bertz CT molecular complexity index is 1080.